The molecular formula is C15H19O3Si+. The zero-order chi connectivity index (χ0) is 14.3. The number of carbonyl (C=O) groups excluding carboxylic acids is 2. The zero-order valence-electron chi connectivity index (χ0n) is 11.6. The average molecular weight is 275 g/mol. The summed E-state index contributed by atoms with van der Waals surface area (Å²) in [5, 5.41) is 10.4. The highest BCUT2D eigenvalue weighted by Crippen LogP contribution is 2.33. The highest BCUT2D eigenvalue weighted by Gasteiger charge is 2.54. The summed E-state index contributed by atoms with van der Waals surface area (Å²) in [6.45, 7) is 6.63. The SMILES string of the molecule is C[Si](C)(C)C[CH+]CC1(O)C(=O)c2ccccc2C1=O. The summed E-state index contributed by atoms with van der Waals surface area (Å²) >= 11 is 0. The minimum atomic E-state index is -1.87. The van der Waals surface area contributed by atoms with E-state index in [1.54, 1.807) is 24.3 Å². The number of Topliss-reactive ketones (excluding diaryl/α,β-unsaturated/α-hetero) is 2. The number of carbonyl (C=O) groups is 2. The molecule has 0 saturated carbocycles. The quantitative estimate of drug-likeness (QED) is 0.522. The third kappa shape index (κ3) is 2.51. The van der Waals surface area contributed by atoms with Crippen LogP contribution in [0.5, 0.6) is 0 Å². The Balaban J connectivity index is 2.18. The molecule has 0 fully saturated rings. The second kappa shape index (κ2) is 4.61. The van der Waals surface area contributed by atoms with Gasteiger partial charge in [-0.05, 0) is 0 Å². The van der Waals surface area contributed by atoms with E-state index in [0.29, 0.717) is 11.1 Å². The average Bonchev–Trinajstić information content (AvgIpc) is 2.52. The molecule has 0 heterocycles. The third-order valence-electron chi connectivity index (χ3n) is 3.36. The largest absolute Gasteiger partial charge is 0.371 e. The predicted octanol–water partition coefficient (Wildman–Crippen LogP) is 2.73. The first kappa shape index (κ1) is 14.0. The molecule has 0 radical (unpaired) electrons. The van der Waals surface area contributed by atoms with Crippen LogP contribution in [0.1, 0.15) is 27.1 Å². The van der Waals surface area contributed by atoms with Crippen LogP contribution < -0.4 is 0 Å². The van der Waals surface area contributed by atoms with Crippen molar-refractivity contribution >= 4 is 19.6 Å². The first-order valence-electron chi connectivity index (χ1n) is 6.48. The summed E-state index contributed by atoms with van der Waals surface area (Å²) in [6, 6.07) is 7.51. The van der Waals surface area contributed by atoms with Crippen molar-refractivity contribution in [3.8, 4) is 0 Å². The van der Waals surface area contributed by atoms with E-state index < -0.39 is 25.2 Å². The molecule has 100 valence electrons. The molecule has 2 rings (SSSR count). The second-order valence-corrected chi connectivity index (χ2v) is 11.9. The van der Waals surface area contributed by atoms with Gasteiger partial charge in [-0.3, -0.25) is 9.59 Å². The van der Waals surface area contributed by atoms with Crippen LogP contribution in [0.25, 0.3) is 0 Å². The molecule has 0 spiro atoms. The Morgan fingerprint density at radius 2 is 1.58 bits per heavy atom. The fraction of sp³-hybridized carbons (Fsp3) is 0.400. The molecule has 1 N–H and O–H groups in total. The standard InChI is InChI=1S/C15H19O3Si/c1-19(2,3)10-6-9-15(18)13(16)11-7-4-5-8-12(11)14(15)17/h4-8,18H,9-10H2,1-3H3/q+1. The summed E-state index contributed by atoms with van der Waals surface area (Å²) in [5.74, 6) is -0.917. The Kier molecular flexibility index (Phi) is 3.41. The van der Waals surface area contributed by atoms with Crippen molar-refractivity contribution in [2.75, 3.05) is 0 Å². The lowest BCUT2D eigenvalue weighted by molar-refractivity contribution is 0.0331. The van der Waals surface area contributed by atoms with Crippen LogP contribution in [0.2, 0.25) is 25.7 Å². The van der Waals surface area contributed by atoms with E-state index in [0.717, 1.165) is 6.04 Å². The van der Waals surface area contributed by atoms with Crippen LogP contribution in [0, 0.1) is 6.42 Å². The van der Waals surface area contributed by atoms with Crippen molar-refractivity contribution in [2.24, 2.45) is 0 Å². The Labute approximate surface area is 114 Å². The number of aliphatic hydroxyl groups is 1. The topological polar surface area (TPSA) is 54.4 Å². The van der Waals surface area contributed by atoms with E-state index >= 15 is 0 Å². The van der Waals surface area contributed by atoms with Gasteiger partial charge in [0.2, 0.25) is 17.2 Å². The number of benzene rings is 1. The van der Waals surface area contributed by atoms with Gasteiger partial charge in [-0.15, -0.1) is 0 Å². The summed E-state index contributed by atoms with van der Waals surface area (Å²) in [6.07, 6.45) is 2.01. The van der Waals surface area contributed by atoms with Crippen molar-refractivity contribution in [2.45, 2.75) is 37.7 Å². The molecule has 0 unspecified atom stereocenters. The van der Waals surface area contributed by atoms with Gasteiger partial charge in [0, 0.05) is 11.1 Å². The van der Waals surface area contributed by atoms with Gasteiger partial charge in [0.15, 0.2) is 0 Å². The van der Waals surface area contributed by atoms with Gasteiger partial charge >= 0.3 is 0 Å². The van der Waals surface area contributed by atoms with Gasteiger partial charge in [-0.25, -0.2) is 0 Å². The molecule has 0 bridgehead atoms. The maximum absolute atomic E-state index is 12.2. The van der Waals surface area contributed by atoms with Gasteiger partial charge in [0.05, 0.1) is 20.5 Å². The third-order valence-corrected chi connectivity index (χ3v) is 4.88. The summed E-state index contributed by atoms with van der Waals surface area (Å²) in [7, 11) is -1.28. The summed E-state index contributed by atoms with van der Waals surface area (Å²) in [4.78, 5) is 24.4. The first-order valence-corrected chi connectivity index (χ1v) is 10.2. The smallest absolute Gasteiger partial charge is 0.231 e. The molecule has 0 amide bonds. The molecular weight excluding hydrogens is 256 g/mol. The lowest BCUT2D eigenvalue weighted by Crippen LogP contribution is -2.41. The number of rotatable bonds is 4. The van der Waals surface area contributed by atoms with E-state index in [9.17, 15) is 14.7 Å². The van der Waals surface area contributed by atoms with Crippen LogP contribution in [0.3, 0.4) is 0 Å². The number of hydrogen-bond donors (Lipinski definition) is 1. The number of fused-ring (bicyclic) bond motifs is 1. The maximum Gasteiger partial charge on any atom is 0.231 e. The van der Waals surface area contributed by atoms with E-state index in [1.165, 1.54) is 0 Å². The molecule has 19 heavy (non-hydrogen) atoms. The zero-order valence-corrected chi connectivity index (χ0v) is 12.6. The van der Waals surface area contributed by atoms with E-state index in [2.05, 4.69) is 19.6 Å². The molecule has 4 heteroatoms. The summed E-state index contributed by atoms with van der Waals surface area (Å²) < 4.78 is 0. The van der Waals surface area contributed by atoms with Crippen molar-refractivity contribution < 1.29 is 14.7 Å². The first-order chi connectivity index (χ1) is 8.76. The lowest BCUT2D eigenvalue weighted by atomic mass is 9.92. The Morgan fingerprint density at radius 3 is 2.00 bits per heavy atom. The molecule has 3 nitrogen and oxygen atoms in total. The van der Waals surface area contributed by atoms with Crippen LogP contribution >= 0.6 is 0 Å². The minimum Gasteiger partial charge on any atom is -0.371 e. The molecule has 0 saturated heterocycles. The fourth-order valence-corrected chi connectivity index (χ4v) is 3.34. The van der Waals surface area contributed by atoms with E-state index in [-0.39, 0.29) is 6.42 Å². The normalized spacial score (nSPS) is 17.5. The predicted molar refractivity (Wildman–Crippen MR) is 77.1 cm³/mol. The molecule has 1 aromatic rings. The van der Waals surface area contributed by atoms with Crippen LogP contribution in [-0.2, 0) is 0 Å². The van der Waals surface area contributed by atoms with Gasteiger partial charge < -0.3 is 5.11 Å². The van der Waals surface area contributed by atoms with Crippen LogP contribution in [0.15, 0.2) is 24.3 Å². The van der Waals surface area contributed by atoms with Crippen molar-refractivity contribution in [3.63, 3.8) is 0 Å². The molecule has 1 aromatic carbocycles. The van der Waals surface area contributed by atoms with Gasteiger partial charge in [0.1, 0.15) is 6.42 Å². The molecule has 0 atom stereocenters. The Bertz CT molecular complexity index is 493. The fourth-order valence-electron chi connectivity index (χ4n) is 2.33. The molecule has 1 aliphatic rings. The Morgan fingerprint density at radius 1 is 1.11 bits per heavy atom. The van der Waals surface area contributed by atoms with Gasteiger partial charge in [-0.2, -0.15) is 0 Å². The van der Waals surface area contributed by atoms with E-state index in [4.69, 9.17) is 0 Å². The van der Waals surface area contributed by atoms with Crippen LogP contribution in [0.4, 0.5) is 0 Å². The van der Waals surface area contributed by atoms with Crippen molar-refractivity contribution in [3.05, 3.63) is 41.8 Å². The van der Waals surface area contributed by atoms with E-state index in [1.807, 2.05) is 6.42 Å². The minimum absolute atomic E-state index is 0.115. The molecule has 0 aliphatic heterocycles. The lowest BCUT2D eigenvalue weighted by Gasteiger charge is -2.16. The highest BCUT2D eigenvalue weighted by molar-refractivity contribution is 6.76. The van der Waals surface area contributed by atoms with Crippen molar-refractivity contribution in [1.82, 2.24) is 0 Å². The second-order valence-electron chi connectivity index (χ2n) is 6.32. The highest BCUT2D eigenvalue weighted by atomic mass is 28.3. The molecule has 0 aromatic heterocycles. The number of ketones is 2. The monoisotopic (exact) mass is 275 g/mol. The van der Waals surface area contributed by atoms with Gasteiger partial charge in [-0.1, -0.05) is 43.9 Å². The van der Waals surface area contributed by atoms with Crippen molar-refractivity contribution in [1.29, 1.82) is 0 Å². The maximum atomic E-state index is 12.2. The van der Waals surface area contributed by atoms with Gasteiger partial charge in [0.25, 0.3) is 0 Å². The number of hydrogen-bond acceptors (Lipinski definition) is 3. The summed E-state index contributed by atoms with van der Waals surface area (Å²) in [5.41, 5.74) is -1.18. The molecule has 1 aliphatic carbocycles. The Hall–Kier alpha value is -1.39. The van der Waals surface area contributed by atoms with Crippen LogP contribution in [-0.4, -0.2) is 30.3 Å².